The van der Waals surface area contributed by atoms with Crippen LogP contribution >= 0.6 is 0 Å². The van der Waals surface area contributed by atoms with Gasteiger partial charge in [0, 0.05) is 12.7 Å². The van der Waals surface area contributed by atoms with E-state index in [-0.39, 0.29) is 4.90 Å². The number of ether oxygens (including phenoxy) is 1. The van der Waals surface area contributed by atoms with Crippen LogP contribution in [0.4, 0.5) is 0 Å². The van der Waals surface area contributed by atoms with E-state index in [4.69, 9.17) is 9.88 Å². The van der Waals surface area contributed by atoms with Crippen LogP contribution in [0.25, 0.3) is 11.1 Å². The molecule has 19 heavy (non-hydrogen) atoms. The van der Waals surface area contributed by atoms with E-state index in [1.165, 1.54) is 6.07 Å². The molecule has 0 aliphatic rings. The lowest BCUT2D eigenvalue weighted by molar-refractivity contribution is 0.185. The molecular formula is C14H15NO3S. The van der Waals surface area contributed by atoms with E-state index in [9.17, 15) is 8.42 Å². The molecule has 0 saturated heterocycles. The fourth-order valence-electron chi connectivity index (χ4n) is 2.00. The molecule has 0 fully saturated rings. The van der Waals surface area contributed by atoms with Gasteiger partial charge < -0.3 is 4.74 Å². The smallest absolute Gasteiger partial charge is 0.238 e. The molecule has 100 valence electrons. The maximum Gasteiger partial charge on any atom is 0.238 e. The van der Waals surface area contributed by atoms with Gasteiger partial charge in [0.2, 0.25) is 10.0 Å². The van der Waals surface area contributed by atoms with Gasteiger partial charge in [0.15, 0.2) is 0 Å². The summed E-state index contributed by atoms with van der Waals surface area (Å²) in [6.07, 6.45) is 0. The van der Waals surface area contributed by atoms with E-state index in [1.807, 2.05) is 24.3 Å². The lowest BCUT2D eigenvalue weighted by atomic mass is 10.0. The first-order chi connectivity index (χ1) is 9.04. The van der Waals surface area contributed by atoms with Crippen molar-refractivity contribution in [3.63, 3.8) is 0 Å². The second kappa shape index (κ2) is 5.52. The van der Waals surface area contributed by atoms with Crippen LogP contribution in [0.2, 0.25) is 0 Å². The summed E-state index contributed by atoms with van der Waals surface area (Å²) in [5.74, 6) is 0. The Morgan fingerprint density at radius 2 is 1.58 bits per heavy atom. The number of hydrogen-bond donors (Lipinski definition) is 1. The van der Waals surface area contributed by atoms with Gasteiger partial charge in [-0.3, -0.25) is 0 Å². The van der Waals surface area contributed by atoms with Gasteiger partial charge in [-0.2, -0.15) is 0 Å². The van der Waals surface area contributed by atoms with E-state index < -0.39 is 10.0 Å². The van der Waals surface area contributed by atoms with Crippen molar-refractivity contribution >= 4 is 10.0 Å². The molecule has 4 nitrogen and oxygen atoms in total. The van der Waals surface area contributed by atoms with Crippen LogP contribution in [0, 0.1) is 0 Å². The summed E-state index contributed by atoms with van der Waals surface area (Å²) >= 11 is 0. The Bertz CT molecular complexity index is 681. The third-order valence-electron chi connectivity index (χ3n) is 2.80. The van der Waals surface area contributed by atoms with Crippen LogP contribution in [-0.4, -0.2) is 15.5 Å². The molecule has 0 aromatic heterocycles. The van der Waals surface area contributed by atoms with E-state index in [1.54, 1.807) is 25.3 Å². The van der Waals surface area contributed by atoms with Gasteiger partial charge in [0.05, 0.1) is 11.5 Å². The van der Waals surface area contributed by atoms with Crippen LogP contribution in [0.15, 0.2) is 53.4 Å². The van der Waals surface area contributed by atoms with Crippen molar-refractivity contribution in [1.29, 1.82) is 0 Å². The molecule has 0 saturated carbocycles. The van der Waals surface area contributed by atoms with Gasteiger partial charge in [-0.15, -0.1) is 0 Å². The molecule has 0 aliphatic heterocycles. The Kier molecular flexibility index (Phi) is 3.99. The minimum absolute atomic E-state index is 0.124. The average Bonchev–Trinajstić information content (AvgIpc) is 2.39. The predicted molar refractivity (Wildman–Crippen MR) is 74.0 cm³/mol. The average molecular weight is 277 g/mol. The Labute approximate surface area is 112 Å². The molecule has 2 aromatic carbocycles. The molecule has 0 atom stereocenters. The number of primary sulfonamides is 1. The molecule has 0 radical (unpaired) electrons. The topological polar surface area (TPSA) is 69.4 Å². The first-order valence-corrected chi connectivity index (χ1v) is 7.27. The van der Waals surface area contributed by atoms with Crippen molar-refractivity contribution < 1.29 is 13.2 Å². The van der Waals surface area contributed by atoms with Crippen molar-refractivity contribution in [3.8, 4) is 11.1 Å². The normalized spacial score (nSPS) is 11.5. The van der Waals surface area contributed by atoms with Crippen molar-refractivity contribution in [3.05, 3.63) is 54.1 Å². The third kappa shape index (κ3) is 3.01. The van der Waals surface area contributed by atoms with E-state index in [0.29, 0.717) is 12.2 Å². The minimum Gasteiger partial charge on any atom is -0.380 e. The van der Waals surface area contributed by atoms with Crippen LogP contribution in [0.5, 0.6) is 0 Å². The Morgan fingerprint density at radius 1 is 1.00 bits per heavy atom. The van der Waals surface area contributed by atoms with Gasteiger partial charge in [0.1, 0.15) is 0 Å². The van der Waals surface area contributed by atoms with Crippen LogP contribution in [0.3, 0.4) is 0 Å². The zero-order valence-electron chi connectivity index (χ0n) is 10.5. The first kappa shape index (κ1) is 13.7. The SMILES string of the molecule is COCc1ccccc1-c1ccccc1S(N)(=O)=O. The predicted octanol–water partition coefficient (Wildman–Crippen LogP) is 2.15. The molecule has 0 bridgehead atoms. The van der Waals surface area contributed by atoms with E-state index in [0.717, 1.165) is 11.1 Å². The number of benzene rings is 2. The van der Waals surface area contributed by atoms with Gasteiger partial charge >= 0.3 is 0 Å². The zero-order chi connectivity index (χ0) is 13.9. The summed E-state index contributed by atoms with van der Waals surface area (Å²) in [6.45, 7) is 0.412. The zero-order valence-corrected chi connectivity index (χ0v) is 11.4. The highest BCUT2D eigenvalue weighted by atomic mass is 32.2. The van der Waals surface area contributed by atoms with Crippen LogP contribution in [0.1, 0.15) is 5.56 Å². The molecule has 0 spiro atoms. The monoisotopic (exact) mass is 277 g/mol. The molecule has 5 heteroatoms. The summed E-state index contributed by atoms with van der Waals surface area (Å²) < 4.78 is 28.4. The van der Waals surface area contributed by atoms with E-state index in [2.05, 4.69) is 0 Å². The number of methoxy groups -OCH3 is 1. The standard InChI is InChI=1S/C14H15NO3S/c1-18-10-11-6-2-3-7-12(11)13-8-4-5-9-14(13)19(15,16)17/h2-9H,10H2,1H3,(H2,15,16,17). The molecule has 2 rings (SSSR count). The largest absolute Gasteiger partial charge is 0.380 e. The van der Waals surface area contributed by atoms with Gasteiger partial charge in [-0.25, -0.2) is 13.6 Å². The molecule has 0 amide bonds. The number of sulfonamides is 1. The van der Waals surface area contributed by atoms with Crippen molar-refractivity contribution in [2.45, 2.75) is 11.5 Å². The van der Waals surface area contributed by atoms with Crippen LogP contribution in [-0.2, 0) is 21.4 Å². The fourth-order valence-corrected chi connectivity index (χ4v) is 2.75. The van der Waals surface area contributed by atoms with Crippen molar-refractivity contribution in [2.75, 3.05) is 7.11 Å². The lowest BCUT2D eigenvalue weighted by Crippen LogP contribution is -2.13. The maximum absolute atomic E-state index is 11.6. The number of hydrogen-bond acceptors (Lipinski definition) is 3. The first-order valence-electron chi connectivity index (χ1n) is 5.73. The summed E-state index contributed by atoms with van der Waals surface area (Å²) in [7, 11) is -2.15. The number of rotatable bonds is 4. The Hall–Kier alpha value is -1.69. The van der Waals surface area contributed by atoms with Gasteiger partial charge in [-0.1, -0.05) is 42.5 Å². The summed E-state index contributed by atoms with van der Waals surface area (Å²) in [5.41, 5.74) is 2.33. The Morgan fingerprint density at radius 3 is 2.21 bits per heavy atom. The fraction of sp³-hybridized carbons (Fsp3) is 0.143. The summed E-state index contributed by atoms with van der Waals surface area (Å²) in [5, 5.41) is 5.26. The minimum atomic E-state index is -3.75. The molecule has 2 aromatic rings. The Balaban J connectivity index is 2.66. The lowest BCUT2D eigenvalue weighted by Gasteiger charge is -2.12. The highest BCUT2D eigenvalue weighted by Gasteiger charge is 2.16. The molecule has 0 aliphatic carbocycles. The summed E-state index contributed by atoms with van der Waals surface area (Å²) in [4.78, 5) is 0.124. The number of nitrogens with two attached hydrogens (primary N) is 1. The van der Waals surface area contributed by atoms with Crippen molar-refractivity contribution in [2.24, 2.45) is 5.14 Å². The molecule has 0 unspecified atom stereocenters. The second-order valence-electron chi connectivity index (χ2n) is 4.13. The third-order valence-corrected chi connectivity index (χ3v) is 3.77. The van der Waals surface area contributed by atoms with Crippen LogP contribution < -0.4 is 5.14 Å². The van der Waals surface area contributed by atoms with E-state index >= 15 is 0 Å². The second-order valence-corrected chi connectivity index (χ2v) is 5.66. The highest BCUT2D eigenvalue weighted by Crippen LogP contribution is 2.29. The van der Waals surface area contributed by atoms with Gasteiger partial charge in [-0.05, 0) is 17.2 Å². The van der Waals surface area contributed by atoms with Gasteiger partial charge in [0.25, 0.3) is 0 Å². The molecular weight excluding hydrogens is 262 g/mol. The highest BCUT2D eigenvalue weighted by molar-refractivity contribution is 7.89. The molecule has 0 heterocycles. The van der Waals surface area contributed by atoms with Crippen molar-refractivity contribution in [1.82, 2.24) is 0 Å². The maximum atomic E-state index is 11.6. The quantitative estimate of drug-likeness (QED) is 0.931. The molecule has 2 N–H and O–H groups in total. The summed E-state index contributed by atoms with van der Waals surface area (Å²) in [6, 6.07) is 14.2.